The van der Waals surface area contributed by atoms with E-state index in [0.29, 0.717) is 30.6 Å². The molecule has 0 aliphatic carbocycles. The zero-order valence-corrected chi connectivity index (χ0v) is 14.4. The van der Waals surface area contributed by atoms with Gasteiger partial charge in [-0.15, -0.1) is 24.8 Å². The van der Waals surface area contributed by atoms with Crippen LogP contribution in [0.2, 0.25) is 0 Å². The number of nitrogens with one attached hydrogen (secondary N) is 1. The Balaban J connectivity index is 0.00000180. The van der Waals surface area contributed by atoms with Gasteiger partial charge in [0.25, 0.3) is 0 Å². The van der Waals surface area contributed by atoms with Crippen LogP contribution in [0.5, 0.6) is 0 Å². The lowest BCUT2D eigenvalue weighted by molar-refractivity contribution is -0.134. The number of amides is 1. The molecular formula is C14H29Cl2N3O. The molecule has 4 nitrogen and oxygen atoms in total. The highest BCUT2D eigenvalue weighted by atomic mass is 35.5. The molecule has 3 unspecified atom stereocenters. The maximum atomic E-state index is 12.4. The third kappa shape index (κ3) is 4.76. The van der Waals surface area contributed by atoms with Crippen molar-refractivity contribution in [2.45, 2.75) is 57.7 Å². The second-order valence-corrected chi connectivity index (χ2v) is 5.92. The quantitative estimate of drug-likeness (QED) is 0.861. The number of hydrogen-bond acceptors (Lipinski definition) is 3. The minimum absolute atomic E-state index is 0. The van der Waals surface area contributed by atoms with Crippen molar-refractivity contribution >= 4 is 30.7 Å². The van der Waals surface area contributed by atoms with Crippen molar-refractivity contribution in [3.63, 3.8) is 0 Å². The van der Waals surface area contributed by atoms with Crippen LogP contribution in [-0.2, 0) is 4.79 Å². The Kier molecular flexibility index (Phi) is 9.07. The molecule has 3 atom stereocenters. The standard InChI is InChI=1S/C14H27N3O.2ClH/c1-11-6-7-12(2)17(11)10-14(18)16-8-4-5-13(9-16)15-3;;/h11-13,15H,4-10H2,1-3H3;2*1H. The monoisotopic (exact) mass is 325 g/mol. The summed E-state index contributed by atoms with van der Waals surface area (Å²) < 4.78 is 0. The largest absolute Gasteiger partial charge is 0.340 e. The van der Waals surface area contributed by atoms with Gasteiger partial charge in [-0.1, -0.05) is 0 Å². The first kappa shape index (κ1) is 20.0. The molecule has 2 aliphatic rings. The number of likely N-dealkylation sites (tertiary alicyclic amines) is 2. The summed E-state index contributed by atoms with van der Waals surface area (Å²) >= 11 is 0. The maximum Gasteiger partial charge on any atom is 0.236 e. The van der Waals surface area contributed by atoms with E-state index >= 15 is 0 Å². The van der Waals surface area contributed by atoms with Gasteiger partial charge >= 0.3 is 0 Å². The van der Waals surface area contributed by atoms with Gasteiger partial charge in [-0.05, 0) is 46.6 Å². The average Bonchev–Trinajstić information content (AvgIpc) is 2.70. The van der Waals surface area contributed by atoms with Crippen molar-refractivity contribution in [1.29, 1.82) is 0 Å². The lowest BCUT2D eigenvalue weighted by Crippen LogP contribution is -2.50. The number of carbonyl (C=O) groups is 1. The van der Waals surface area contributed by atoms with Gasteiger partial charge in [-0.2, -0.15) is 0 Å². The summed E-state index contributed by atoms with van der Waals surface area (Å²) in [7, 11) is 1.99. The van der Waals surface area contributed by atoms with Gasteiger partial charge in [0.15, 0.2) is 0 Å². The van der Waals surface area contributed by atoms with Crippen LogP contribution in [0.4, 0.5) is 0 Å². The van der Waals surface area contributed by atoms with E-state index in [0.717, 1.165) is 19.5 Å². The van der Waals surface area contributed by atoms with Crippen LogP contribution in [0.25, 0.3) is 0 Å². The molecule has 2 heterocycles. The minimum Gasteiger partial charge on any atom is -0.340 e. The number of halogens is 2. The number of nitrogens with zero attached hydrogens (tertiary/aromatic N) is 2. The number of hydrogen-bond donors (Lipinski definition) is 1. The second-order valence-electron chi connectivity index (χ2n) is 5.92. The molecule has 1 N–H and O–H groups in total. The van der Waals surface area contributed by atoms with E-state index in [-0.39, 0.29) is 24.8 Å². The molecule has 120 valence electrons. The molecule has 0 aromatic carbocycles. The second kappa shape index (κ2) is 9.08. The molecular weight excluding hydrogens is 297 g/mol. The molecule has 1 amide bonds. The predicted molar refractivity (Wildman–Crippen MR) is 88.0 cm³/mol. The van der Waals surface area contributed by atoms with Crippen LogP contribution in [0.3, 0.4) is 0 Å². The Labute approximate surface area is 135 Å². The van der Waals surface area contributed by atoms with Gasteiger partial charge < -0.3 is 10.2 Å². The summed E-state index contributed by atoms with van der Waals surface area (Å²) in [5.41, 5.74) is 0. The first-order valence-electron chi connectivity index (χ1n) is 7.32. The normalized spacial score (nSPS) is 30.6. The highest BCUT2D eigenvalue weighted by Crippen LogP contribution is 2.23. The molecule has 2 rings (SSSR count). The van der Waals surface area contributed by atoms with Crippen molar-refractivity contribution in [1.82, 2.24) is 15.1 Å². The first-order valence-corrected chi connectivity index (χ1v) is 7.32. The van der Waals surface area contributed by atoms with Gasteiger partial charge in [0.05, 0.1) is 6.54 Å². The molecule has 6 heteroatoms. The van der Waals surface area contributed by atoms with E-state index in [2.05, 4.69) is 24.1 Å². The Bertz CT molecular complexity index is 294. The van der Waals surface area contributed by atoms with Gasteiger partial charge in [0.1, 0.15) is 0 Å². The summed E-state index contributed by atoms with van der Waals surface area (Å²) in [5.74, 6) is 0.315. The molecule has 2 fully saturated rings. The Morgan fingerprint density at radius 3 is 2.30 bits per heavy atom. The fraction of sp³-hybridized carbons (Fsp3) is 0.929. The Morgan fingerprint density at radius 2 is 1.75 bits per heavy atom. The molecule has 0 aromatic heterocycles. The Hall–Kier alpha value is -0.0300. The smallest absolute Gasteiger partial charge is 0.236 e. The van der Waals surface area contributed by atoms with E-state index in [4.69, 9.17) is 0 Å². The predicted octanol–water partition coefficient (Wildman–Crippen LogP) is 1.91. The van der Waals surface area contributed by atoms with Crippen LogP contribution in [-0.4, -0.2) is 60.5 Å². The summed E-state index contributed by atoms with van der Waals surface area (Å²) in [6.07, 6.45) is 4.78. The summed E-state index contributed by atoms with van der Waals surface area (Å²) in [5, 5.41) is 3.29. The van der Waals surface area contributed by atoms with Gasteiger partial charge in [-0.25, -0.2) is 0 Å². The SMILES string of the molecule is CNC1CCCN(C(=O)CN2C(C)CCC2C)C1.Cl.Cl. The lowest BCUT2D eigenvalue weighted by atomic mass is 10.1. The molecule has 20 heavy (non-hydrogen) atoms. The molecule has 2 saturated heterocycles. The third-order valence-corrected chi connectivity index (χ3v) is 4.63. The van der Waals surface area contributed by atoms with Gasteiger partial charge in [-0.3, -0.25) is 9.69 Å². The van der Waals surface area contributed by atoms with Crippen LogP contribution in [0.1, 0.15) is 39.5 Å². The van der Waals surface area contributed by atoms with Crippen molar-refractivity contribution in [2.24, 2.45) is 0 Å². The van der Waals surface area contributed by atoms with E-state index < -0.39 is 0 Å². The number of piperidine rings is 1. The molecule has 0 saturated carbocycles. The summed E-state index contributed by atoms with van der Waals surface area (Å²) in [6, 6.07) is 1.61. The van der Waals surface area contributed by atoms with Crippen LogP contribution in [0, 0.1) is 0 Å². The number of rotatable bonds is 3. The minimum atomic E-state index is 0. The van der Waals surface area contributed by atoms with E-state index in [9.17, 15) is 4.79 Å². The van der Waals surface area contributed by atoms with E-state index in [1.807, 2.05) is 11.9 Å². The lowest BCUT2D eigenvalue weighted by Gasteiger charge is -2.35. The molecule has 0 bridgehead atoms. The van der Waals surface area contributed by atoms with Crippen molar-refractivity contribution in [3.05, 3.63) is 0 Å². The average molecular weight is 326 g/mol. The molecule has 0 spiro atoms. The fourth-order valence-electron chi connectivity index (χ4n) is 3.26. The van der Waals surface area contributed by atoms with Gasteiger partial charge in [0, 0.05) is 31.2 Å². The van der Waals surface area contributed by atoms with Crippen molar-refractivity contribution in [2.75, 3.05) is 26.7 Å². The topological polar surface area (TPSA) is 35.6 Å². The zero-order valence-electron chi connectivity index (χ0n) is 12.8. The third-order valence-electron chi connectivity index (χ3n) is 4.63. The van der Waals surface area contributed by atoms with Crippen LogP contribution >= 0.6 is 24.8 Å². The highest BCUT2D eigenvalue weighted by molar-refractivity contribution is 5.85. The van der Waals surface area contributed by atoms with Gasteiger partial charge in [0.2, 0.25) is 5.91 Å². The maximum absolute atomic E-state index is 12.4. The molecule has 0 aromatic rings. The first-order chi connectivity index (χ1) is 8.61. The van der Waals surface area contributed by atoms with Crippen LogP contribution < -0.4 is 5.32 Å². The van der Waals surface area contributed by atoms with Crippen LogP contribution in [0.15, 0.2) is 0 Å². The molecule has 0 radical (unpaired) electrons. The fourth-order valence-corrected chi connectivity index (χ4v) is 3.26. The van der Waals surface area contributed by atoms with Crippen molar-refractivity contribution in [3.8, 4) is 0 Å². The summed E-state index contributed by atoms with van der Waals surface area (Å²) in [6.45, 7) is 6.91. The van der Waals surface area contributed by atoms with Crippen molar-refractivity contribution < 1.29 is 4.79 Å². The van der Waals surface area contributed by atoms with E-state index in [1.54, 1.807) is 0 Å². The summed E-state index contributed by atoms with van der Waals surface area (Å²) in [4.78, 5) is 16.8. The van der Waals surface area contributed by atoms with E-state index in [1.165, 1.54) is 19.3 Å². The number of carbonyl (C=O) groups excluding carboxylic acids is 1. The Morgan fingerprint density at radius 1 is 1.15 bits per heavy atom. The molecule has 2 aliphatic heterocycles. The number of likely N-dealkylation sites (N-methyl/N-ethyl adjacent to an activating group) is 1. The zero-order chi connectivity index (χ0) is 13.1. The highest BCUT2D eigenvalue weighted by Gasteiger charge is 2.31.